The van der Waals surface area contributed by atoms with Gasteiger partial charge in [-0.1, -0.05) is 30.3 Å². The Morgan fingerprint density at radius 1 is 0.895 bits per heavy atom. The minimum atomic E-state index is 0.681. The molecule has 0 fully saturated rings. The molecule has 3 rings (SSSR count). The summed E-state index contributed by atoms with van der Waals surface area (Å²) >= 11 is 0. The number of para-hydroxylation sites is 1. The molecule has 0 amide bonds. The van der Waals surface area contributed by atoms with E-state index in [9.17, 15) is 0 Å². The van der Waals surface area contributed by atoms with Crippen LogP contribution in [0.15, 0.2) is 48.5 Å². The highest BCUT2D eigenvalue weighted by Crippen LogP contribution is 2.20. The van der Waals surface area contributed by atoms with Crippen molar-refractivity contribution in [3.8, 4) is 0 Å². The second kappa shape index (κ2) is 4.53. The van der Waals surface area contributed by atoms with E-state index < -0.39 is 0 Å². The summed E-state index contributed by atoms with van der Waals surface area (Å²) in [6.07, 6.45) is 4.00. The fourth-order valence-electron chi connectivity index (χ4n) is 2.11. The average molecular weight is 249 g/mol. The lowest BCUT2D eigenvalue weighted by molar-refractivity contribution is 1.43. The van der Waals surface area contributed by atoms with Crippen LogP contribution in [0.3, 0.4) is 0 Å². The SMILES string of the molecule is Nc1ccc(C=Cc2cc3ccccc3[nH]2)c(N)c1. The maximum Gasteiger partial charge on any atom is 0.0458 e. The highest BCUT2D eigenvalue weighted by Gasteiger charge is 1.98. The van der Waals surface area contributed by atoms with Crippen LogP contribution in [0.5, 0.6) is 0 Å². The predicted molar refractivity (Wildman–Crippen MR) is 82.5 cm³/mol. The van der Waals surface area contributed by atoms with Crippen molar-refractivity contribution in [3.05, 3.63) is 59.8 Å². The largest absolute Gasteiger partial charge is 0.399 e. The number of nitrogens with one attached hydrogen (secondary N) is 1. The molecule has 0 saturated carbocycles. The molecule has 0 atom stereocenters. The summed E-state index contributed by atoms with van der Waals surface area (Å²) in [5, 5.41) is 1.20. The first-order chi connectivity index (χ1) is 9.22. The van der Waals surface area contributed by atoms with Gasteiger partial charge < -0.3 is 16.5 Å². The topological polar surface area (TPSA) is 67.8 Å². The zero-order valence-corrected chi connectivity index (χ0v) is 10.4. The van der Waals surface area contributed by atoms with Gasteiger partial charge in [0.25, 0.3) is 0 Å². The van der Waals surface area contributed by atoms with Gasteiger partial charge >= 0.3 is 0 Å². The summed E-state index contributed by atoms with van der Waals surface area (Å²) in [5.41, 5.74) is 16.1. The molecule has 0 aliphatic rings. The van der Waals surface area contributed by atoms with Crippen molar-refractivity contribution >= 4 is 34.4 Å². The predicted octanol–water partition coefficient (Wildman–Crippen LogP) is 3.50. The van der Waals surface area contributed by atoms with E-state index in [2.05, 4.69) is 23.2 Å². The van der Waals surface area contributed by atoms with Crippen molar-refractivity contribution in [3.63, 3.8) is 0 Å². The van der Waals surface area contributed by atoms with Crippen LogP contribution < -0.4 is 11.5 Å². The normalized spacial score (nSPS) is 11.4. The van der Waals surface area contributed by atoms with Gasteiger partial charge in [-0.05, 0) is 41.3 Å². The van der Waals surface area contributed by atoms with E-state index in [4.69, 9.17) is 11.5 Å². The maximum atomic E-state index is 5.92. The molecule has 1 heterocycles. The van der Waals surface area contributed by atoms with E-state index >= 15 is 0 Å². The fraction of sp³-hybridized carbons (Fsp3) is 0. The smallest absolute Gasteiger partial charge is 0.0458 e. The third-order valence-electron chi connectivity index (χ3n) is 3.10. The van der Waals surface area contributed by atoms with Gasteiger partial charge in [0.2, 0.25) is 0 Å². The van der Waals surface area contributed by atoms with Crippen molar-refractivity contribution < 1.29 is 0 Å². The van der Waals surface area contributed by atoms with Crippen LogP contribution in [0.1, 0.15) is 11.3 Å². The molecule has 3 aromatic rings. The number of hydrogen-bond donors (Lipinski definition) is 3. The van der Waals surface area contributed by atoms with Gasteiger partial charge in [-0.25, -0.2) is 0 Å². The first kappa shape index (κ1) is 11.4. The van der Waals surface area contributed by atoms with Crippen LogP contribution in [0.2, 0.25) is 0 Å². The quantitative estimate of drug-likeness (QED) is 0.608. The standard InChI is InChI=1S/C16H15N3/c17-13-7-5-11(15(18)10-13)6-8-14-9-12-3-1-2-4-16(12)19-14/h1-10,19H,17-18H2. The number of H-pyrrole nitrogens is 1. The van der Waals surface area contributed by atoms with Crippen molar-refractivity contribution in [1.82, 2.24) is 4.98 Å². The molecule has 0 spiro atoms. The van der Waals surface area contributed by atoms with Crippen LogP contribution in [-0.2, 0) is 0 Å². The second-order valence-corrected chi connectivity index (χ2v) is 4.53. The van der Waals surface area contributed by atoms with Crippen molar-refractivity contribution in [2.45, 2.75) is 0 Å². The number of nitrogen functional groups attached to an aromatic ring is 2. The molecular weight excluding hydrogens is 234 g/mol. The Hall–Kier alpha value is -2.68. The van der Waals surface area contributed by atoms with Crippen molar-refractivity contribution in [2.24, 2.45) is 0 Å². The van der Waals surface area contributed by atoms with Gasteiger partial charge in [0.1, 0.15) is 0 Å². The number of hydrogen-bond acceptors (Lipinski definition) is 2. The highest BCUT2D eigenvalue weighted by molar-refractivity contribution is 5.85. The molecule has 3 nitrogen and oxygen atoms in total. The van der Waals surface area contributed by atoms with Crippen molar-refractivity contribution in [1.29, 1.82) is 0 Å². The number of anilines is 2. The Morgan fingerprint density at radius 2 is 1.74 bits per heavy atom. The van der Waals surface area contributed by atoms with Crippen LogP contribution in [0.25, 0.3) is 23.1 Å². The van der Waals surface area contributed by atoms with Gasteiger partial charge in [-0.15, -0.1) is 0 Å². The Balaban J connectivity index is 1.93. The second-order valence-electron chi connectivity index (χ2n) is 4.53. The summed E-state index contributed by atoms with van der Waals surface area (Å²) in [6, 6.07) is 15.8. The Bertz CT molecular complexity index is 721. The third-order valence-corrected chi connectivity index (χ3v) is 3.10. The monoisotopic (exact) mass is 249 g/mol. The van der Waals surface area contributed by atoms with Crippen LogP contribution in [0.4, 0.5) is 11.4 Å². The maximum absolute atomic E-state index is 5.92. The number of nitrogens with two attached hydrogens (primary N) is 2. The Labute approximate surface area is 111 Å². The molecule has 1 aromatic heterocycles. The van der Waals surface area contributed by atoms with Gasteiger partial charge in [0.05, 0.1) is 0 Å². The van der Waals surface area contributed by atoms with Crippen molar-refractivity contribution in [2.75, 3.05) is 11.5 Å². The van der Waals surface area contributed by atoms with E-state index in [1.165, 1.54) is 5.39 Å². The lowest BCUT2D eigenvalue weighted by Gasteiger charge is -2.00. The van der Waals surface area contributed by atoms with Gasteiger partial charge in [0, 0.05) is 22.6 Å². The summed E-state index contributed by atoms with van der Waals surface area (Å²) in [7, 11) is 0. The summed E-state index contributed by atoms with van der Waals surface area (Å²) in [6.45, 7) is 0. The molecule has 0 unspecified atom stereocenters. The molecular formula is C16H15N3. The molecule has 0 radical (unpaired) electrons. The number of benzene rings is 2. The van der Waals surface area contributed by atoms with Gasteiger partial charge in [-0.2, -0.15) is 0 Å². The molecule has 0 bridgehead atoms. The van der Waals surface area contributed by atoms with Gasteiger partial charge in [-0.3, -0.25) is 0 Å². The van der Waals surface area contributed by atoms with E-state index in [1.807, 2.05) is 36.4 Å². The molecule has 5 N–H and O–H groups in total. The number of fused-ring (bicyclic) bond motifs is 1. The van der Waals surface area contributed by atoms with E-state index in [-0.39, 0.29) is 0 Å². The highest BCUT2D eigenvalue weighted by atomic mass is 14.7. The summed E-state index contributed by atoms with van der Waals surface area (Å²) in [5.74, 6) is 0. The van der Waals surface area contributed by atoms with Crippen LogP contribution in [0, 0.1) is 0 Å². The zero-order valence-electron chi connectivity index (χ0n) is 10.4. The van der Waals surface area contributed by atoms with Crippen LogP contribution in [-0.4, -0.2) is 4.98 Å². The fourth-order valence-corrected chi connectivity index (χ4v) is 2.11. The first-order valence-corrected chi connectivity index (χ1v) is 6.13. The number of rotatable bonds is 2. The lowest BCUT2D eigenvalue weighted by atomic mass is 10.1. The lowest BCUT2D eigenvalue weighted by Crippen LogP contribution is -1.92. The zero-order chi connectivity index (χ0) is 13.2. The molecule has 3 heteroatoms. The molecule has 0 aliphatic heterocycles. The molecule has 19 heavy (non-hydrogen) atoms. The summed E-state index contributed by atoms with van der Waals surface area (Å²) < 4.78 is 0. The third kappa shape index (κ3) is 2.31. The van der Waals surface area contributed by atoms with Gasteiger partial charge in [0.15, 0.2) is 0 Å². The molecule has 94 valence electrons. The van der Waals surface area contributed by atoms with Crippen LogP contribution >= 0.6 is 0 Å². The van der Waals surface area contributed by atoms with E-state index in [1.54, 1.807) is 6.07 Å². The average Bonchev–Trinajstić information content (AvgIpc) is 2.80. The molecule has 0 saturated heterocycles. The minimum absolute atomic E-state index is 0.681. The molecule has 0 aliphatic carbocycles. The number of aromatic nitrogens is 1. The first-order valence-electron chi connectivity index (χ1n) is 6.13. The van der Waals surface area contributed by atoms with E-state index in [0.29, 0.717) is 11.4 Å². The summed E-state index contributed by atoms with van der Waals surface area (Å²) in [4.78, 5) is 3.34. The number of aromatic amines is 1. The molecule has 2 aromatic carbocycles. The minimum Gasteiger partial charge on any atom is -0.399 e. The Kier molecular flexibility index (Phi) is 2.72. The Morgan fingerprint density at radius 3 is 2.53 bits per heavy atom. The van der Waals surface area contributed by atoms with E-state index in [0.717, 1.165) is 16.8 Å².